The number of nitro benzene ring substituents is 1. The van der Waals surface area contributed by atoms with Gasteiger partial charge in [0.1, 0.15) is 0 Å². The van der Waals surface area contributed by atoms with E-state index in [1.807, 2.05) is 6.08 Å². The highest BCUT2D eigenvalue weighted by Gasteiger charge is 2.09. The van der Waals surface area contributed by atoms with E-state index >= 15 is 0 Å². The van der Waals surface area contributed by atoms with Gasteiger partial charge in [0.05, 0.1) is 16.0 Å². The summed E-state index contributed by atoms with van der Waals surface area (Å²) in [5.74, 6) is 2.51. The van der Waals surface area contributed by atoms with Crippen LogP contribution in [0.2, 0.25) is 0 Å². The van der Waals surface area contributed by atoms with Gasteiger partial charge in [-0.1, -0.05) is 6.08 Å². The molecule has 1 aromatic carbocycles. The minimum Gasteiger partial charge on any atom is -0.355 e. The molecule has 7 heteroatoms. The number of hydrogen-bond acceptors (Lipinski definition) is 5. The molecule has 0 saturated carbocycles. The van der Waals surface area contributed by atoms with Crippen LogP contribution in [0.5, 0.6) is 0 Å². The van der Waals surface area contributed by atoms with Crippen molar-refractivity contribution < 1.29 is 4.92 Å². The van der Waals surface area contributed by atoms with Crippen molar-refractivity contribution in [1.82, 2.24) is 9.97 Å². The lowest BCUT2D eigenvalue weighted by Crippen LogP contribution is -2.05. The molecule has 0 aliphatic rings. The van der Waals surface area contributed by atoms with Gasteiger partial charge in [-0.3, -0.25) is 10.1 Å². The van der Waals surface area contributed by atoms with Crippen molar-refractivity contribution in [3.05, 3.63) is 41.0 Å². The molecule has 1 heterocycles. The van der Waals surface area contributed by atoms with E-state index in [2.05, 4.69) is 21.9 Å². The van der Waals surface area contributed by atoms with Gasteiger partial charge < -0.3 is 10.3 Å². The Labute approximate surface area is 114 Å². The number of nitro groups is 1. The summed E-state index contributed by atoms with van der Waals surface area (Å²) in [5.41, 5.74) is 1.44. The Morgan fingerprint density at radius 1 is 1.58 bits per heavy atom. The fourth-order valence-corrected chi connectivity index (χ4v) is 2.18. The third-order valence-corrected chi connectivity index (χ3v) is 3.42. The number of thioether (sulfide) groups is 1. The average molecular weight is 278 g/mol. The minimum absolute atomic E-state index is 0.0595. The number of nitrogens with one attached hydrogen (secondary N) is 2. The summed E-state index contributed by atoms with van der Waals surface area (Å²) in [6, 6.07) is 4.58. The summed E-state index contributed by atoms with van der Waals surface area (Å²) in [6.45, 7) is 4.43. The zero-order valence-electron chi connectivity index (χ0n) is 10.3. The first-order chi connectivity index (χ1) is 9.20. The molecule has 0 saturated heterocycles. The molecule has 100 valence electrons. The normalized spacial score (nSPS) is 10.5. The molecule has 0 bridgehead atoms. The van der Waals surface area contributed by atoms with Crippen molar-refractivity contribution in [2.24, 2.45) is 0 Å². The molecular weight excluding hydrogens is 264 g/mol. The van der Waals surface area contributed by atoms with Crippen LogP contribution >= 0.6 is 11.8 Å². The quantitative estimate of drug-likeness (QED) is 0.352. The number of imidazole rings is 1. The van der Waals surface area contributed by atoms with Crippen LogP contribution in [0.15, 0.2) is 30.9 Å². The van der Waals surface area contributed by atoms with E-state index in [-0.39, 0.29) is 5.69 Å². The third kappa shape index (κ3) is 3.47. The monoisotopic (exact) mass is 278 g/mol. The van der Waals surface area contributed by atoms with Crippen LogP contribution in [0.4, 0.5) is 11.6 Å². The maximum absolute atomic E-state index is 10.7. The second kappa shape index (κ2) is 6.24. The molecule has 0 amide bonds. The molecule has 19 heavy (non-hydrogen) atoms. The van der Waals surface area contributed by atoms with Gasteiger partial charge in [0, 0.05) is 30.2 Å². The maximum Gasteiger partial charge on any atom is 0.271 e. The van der Waals surface area contributed by atoms with Crippen LogP contribution < -0.4 is 5.32 Å². The van der Waals surface area contributed by atoms with E-state index in [1.165, 1.54) is 12.1 Å². The predicted octanol–water partition coefficient (Wildman–Crippen LogP) is 2.80. The van der Waals surface area contributed by atoms with Crippen molar-refractivity contribution in [1.29, 1.82) is 0 Å². The number of hydrogen-bond donors (Lipinski definition) is 2. The molecule has 0 aliphatic heterocycles. The molecule has 0 unspecified atom stereocenters. The third-order valence-electron chi connectivity index (χ3n) is 2.45. The van der Waals surface area contributed by atoms with Gasteiger partial charge in [-0.2, -0.15) is 11.8 Å². The highest BCUT2D eigenvalue weighted by atomic mass is 32.2. The van der Waals surface area contributed by atoms with Crippen molar-refractivity contribution in [2.45, 2.75) is 0 Å². The van der Waals surface area contributed by atoms with Gasteiger partial charge in [0.2, 0.25) is 5.95 Å². The lowest BCUT2D eigenvalue weighted by Gasteiger charge is -2.00. The molecular formula is C12H14N4O2S. The molecule has 0 spiro atoms. The Hall–Kier alpha value is -2.02. The zero-order valence-corrected chi connectivity index (χ0v) is 11.1. The molecule has 0 radical (unpaired) electrons. The van der Waals surface area contributed by atoms with Crippen LogP contribution in [0.1, 0.15) is 0 Å². The number of anilines is 1. The second-order valence-electron chi connectivity index (χ2n) is 3.83. The summed E-state index contributed by atoms with van der Waals surface area (Å²) in [7, 11) is 0. The van der Waals surface area contributed by atoms with Crippen LogP contribution in [-0.2, 0) is 0 Å². The molecule has 2 rings (SSSR count). The van der Waals surface area contributed by atoms with Gasteiger partial charge in [0.25, 0.3) is 5.69 Å². The Morgan fingerprint density at radius 2 is 2.42 bits per heavy atom. The first-order valence-electron chi connectivity index (χ1n) is 5.77. The van der Waals surface area contributed by atoms with Crippen LogP contribution in [0.25, 0.3) is 11.0 Å². The number of rotatable bonds is 7. The molecule has 1 aromatic heterocycles. The Bertz CT molecular complexity index is 596. The van der Waals surface area contributed by atoms with Gasteiger partial charge in [0.15, 0.2) is 0 Å². The molecule has 0 aliphatic carbocycles. The Balaban J connectivity index is 2.00. The van der Waals surface area contributed by atoms with E-state index < -0.39 is 4.92 Å². The summed E-state index contributed by atoms with van der Waals surface area (Å²) in [6.07, 6.45) is 1.87. The van der Waals surface area contributed by atoms with Crippen molar-refractivity contribution in [2.75, 3.05) is 23.4 Å². The highest BCUT2D eigenvalue weighted by Crippen LogP contribution is 2.20. The highest BCUT2D eigenvalue weighted by molar-refractivity contribution is 7.99. The summed E-state index contributed by atoms with van der Waals surface area (Å²) in [5, 5.41) is 13.8. The second-order valence-corrected chi connectivity index (χ2v) is 4.98. The molecule has 2 aromatic rings. The number of aromatic amines is 1. The number of non-ortho nitro benzene ring substituents is 1. The average Bonchev–Trinajstić information content (AvgIpc) is 2.80. The van der Waals surface area contributed by atoms with Gasteiger partial charge in [-0.15, -0.1) is 6.58 Å². The van der Waals surface area contributed by atoms with E-state index in [9.17, 15) is 10.1 Å². The lowest BCUT2D eigenvalue weighted by molar-refractivity contribution is -0.384. The largest absolute Gasteiger partial charge is 0.355 e. The Morgan fingerprint density at radius 3 is 3.16 bits per heavy atom. The number of fused-ring (bicyclic) bond motifs is 1. The first-order valence-corrected chi connectivity index (χ1v) is 6.93. The van der Waals surface area contributed by atoms with Gasteiger partial charge in [-0.25, -0.2) is 4.98 Å². The molecule has 0 fully saturated rings. The number of benzene rings is 1. The topological polar surface area (TPSA) is 83.8 Å². The molecule has 0 atom stereocenters. The van der Waals surface area contributed by atoms with Crippen molar-refractivity contribution in [3.8, 4) is 0 Å². The maximum atomic E-state index is 10.7. The number of nitrogens with zero attached hydrogens (tertiary/aromatic N) is 2. The minimum atomic E-state index is -0.417. The standard InChI is InChI=1S/C12H14N4O2S/c1-2-6-19-7-5-13-12-14-10-4-3-9(16(17)18)8-11(10)15-12/h2-4,8H,1,5-7H2,(H2,13,14,15). The predicted molar refractivity (Wildman–Crippen MR) is 78.8 cm³/mol. The van der Waals surface area contributed by atoms with Gasteiger partial charge >= 0.3 is 0 Å². The fraction of sp³-hybridized carbons (Fsp3) is 0.250. The van der Waals surface area contributed by atoms with E-state index in [0.717, 1.165) is 18.1 Å². The molecule has 6 nitrogen and oxygen atoms in total. The smallest absolute Gasteiger partial charge is 0.271 e. The zero-order chi connectivity index (χ0) is 13.7. The van der Waals surface area contributed by atoms with E-state index in [1.54, 1.807) is 17.8 Å². The van der Waals surface area contributed by atoms with Crippen molar-refractivity contribution >= 4 is 34.4 Å². The lowest BCUT2D eigenvalue weighted by atomic mass is 10.3. The molecule has 2 N–H and O–H groups in total. The van der Waals surface area contributed by atoms with E-state index in [4.69, 9.17) is 0 Å². The first kappa shape index (κ1) is 13.4. The summed E-state index contributed by atoms with van der Waals surface area (Å²) < 4.78 is 0. The van der Waals surface area contributed by atoms with Crippen LogP contribution in [0, 0.1) is 10.1 Å². The number of H-pyrrole nitrogens is 1. The van der Waals surface area contributed by atoms with Crippen LogP contribution in [0.3, 0.4) is 0 Å². The summed E-state index contributed by atoms with van der Waals surface area (Å²) in [4.78, 5) is 17.6. The Kier molecular flexibility index (Phi) is 4.40. The number of aromatic nitrogens is 2. The SMILES string of the molecule is C=CCSCCNc1nc2ccc([N+](=O)[O-])cc2[nH]1. The fourth-order valence-electron chi connectivity index (χ4n) is 1.60. The van der Waals surface area contributed by atoms with Crippen LogP contribution in [-0.4, -0.2) is 32.9 Å². The van der Waals surface area contributed by atoms with Gasteiger partial charge in [-0.05, 0) is 6.07 Å². The summed E-state index contributed by atoms with van der Waals surface area (Å²) >= 11 is 1.77. The van der Waals surface area contributed by atoms with Crippen molar-refractivity contribution in [3.63, 3.8) is 0 Å². The van der Waals surface area contributed by atoms with E-state index in [0.29, 0.717) is 17.0 Å².